The van der Waals surface area contributed by atoms with E-state index in [0.29, 0.717) is 14.6 Å². The van der Waals surface area contributed by atoms with Crippen LogP contribution >= 0.6 is 22.7 Å². The second kappa shape index (κ2) is 31.4. The number of aliphatic carboxylic acids is 3. The molecule has 4 aromatic heterocycles. The summed E-state index contributed by atoms with van der Waals surface area (Å²) >= 11 is 2.11. The number of carboxylic acids is 3. The number of nitrogens with two attached hydrogens (primary N) is 1. The Kier molecular flexibility index (Phi) is 22.5. The van der Waals surface area contributed by atoms with Gasteiger partial charge in [-0.3, -0.25) is 38.4 Å². The van der Waals surface area contributed by atoms with E-state index in [1.54, 1.807) is 26.2 Å². The summed E-state index contributed by atoms with van der Waals surface area (Å²) in [5, 5.41) is 96.6. The third kappa shape index (κ3) is 17.0. The molecule has 7 aromatic rings. The molecule has 4 aliphatic heterocycles. The molecule has 570 valence electrons. The first-order chi connectivity index (χ1) is 51.4. The zero-order valence-electron chi connectivity index (χ0n) is 58.6. The number of ether oxygens (including phenoxy) is 1. The quantitative estimate of drug-likeness (QED) is 0.0126. The van der Waals surface area contributed by atoms with Crippen LogP contribution in [-0.2, 0) is 81.0 Å². The monoisotopic (exact) mass is 1540 g/mol. The fourth-order valence-corrected chi connectivity index (χ4v) is 12.5. The maximum atomic E-state index is 14.4. The Balaban J connectivity index is 0.000000254. The van der Waals surface area contributed by atoms with E-state index in [4.69, 9.17) is 25.1 Å². The Bertz CT molecular complexity index is 4970. The second-order valence-corrected chi connectivity index (χ2v) is 28.1. The van der Waals surface area contributed by atoms with Crippen LogP contribution in [0, 0.1) is 0 Å². The summed E-state index contributed by atoms with van der Waals surface area (Å²) in [4.78, 5) is 173. The Labute approximate surface area is 623 Å². The van der Waals surface area contributed by atoms with E-state index in [0.717, 1.165) is 73.9 Å². The number of hydrogen-bond donors (Lipinski definition) is 13. The van der Waals surface area contributed by atoms with Crippen molar-refractivity contribution in [1.82, 2.24) is 60.7 Å². The fraction of sp³-hybridized carbons (Fsp3) is 0.275. The lowest BCUT2D eigenvalue weighted by molar-refractivity contribution is -0.179. The van der Waals surface area contributed by atoms with Gasteiger partial charge in [0, 0.05) is 36.0 Å². The smallest absolute Gasteiger partial charge is 0.354 e. The molecule has 0 radical (unpaired) electrons. The molecule has 4 aliphatic rings. The molecule has 2 atom stereocenters. The van der Waals surface area contributed by atoms with Gasteiger partial charge >= 0.3 is 23.9 Å². The molecular formula is C69H70N16O22S2. The predicted octanol–water partition coefficient (Wildman–Crippen LogP) is 1.33. The van der Waals surface area contributed by atoms with Crippen molar-refractivity contribution in [3.63, 3.8) is 0 Å². The highest BCUT2D eigenvalue weighted by Gasteiger charge is 2.52. The number of rotatable bonds is 25. The average molecular weight is 1540 g/mol. The number of thiazole rings is 2. The maximum Gasteiger partial charge on any atom is 0.354 e. The standard InChI is InChI=1S/C46H46N8O11S.C23H24N8O11S/c1-44(2,3)64-42(62)45(4,5)65-51-36(33-26-66-43(49-33)50-46(27-15-9-6-10-16-27,28-17-11-7-12-18-28)29-19-13-8-14-20-29)39(58)48-32-24-52-23-31(37(41(60)61)54(52)40(32)59)38(57)47-22-30-21-34(55)35(56)25-53(30)63;1-23(2,21(39)40)42-28-15(12-8-43-22(24)27-12)18(35)26-11-6-29-5-10(16(20(37)38)31(29)19(11)36)17(34)25-4-9-3-13(32)14(33)7-30(9)41/h6-21,25-26,32,56,63H,22-24H2,1-5H3,(H,47,57)(H,48,58)(H,49,50)(H,60,61);3,7-8,11,33,41H,4-6H2,1-2H3,(H2,24,27)(H,25,34)(H,26,35)(H,37,38)(H,39,40)/b51-36-;28-15-/t32-;11-/m00/s1. The number of aromatic nitrogens is 4. The van der Waals surface area contributed by atoms with Crippen molar-refractivity contribution in [2.45, 2.75) is 96.0 Å². The molecule has 3 aromatic carbocycles. The Morgan fingerprint density at radius 3 is 1.35 bits per heavy atom. The molecule has 40 heteroatoms. The zero-order chi connectivity index (χ0) is 79.4. The number of esters is 1. The van der Waals surface area contributed by atoms with Crippen LogP contribution in [-0.4, -0.2) is 201 Å². The molecule has 0 saturated carbocycles. The van der Waals surface area contributed by atoms with E-state index in [1.165, 1.54) is 43.1 Å². The highest BCUT2D eigenvalue weighted by atomic mass is 32.1. The van der Waals surface area contributed by atoms with Crippen molar-refractivity contribution in [2.75, 3.05) is 37.2 Å². The number of carboxylic acid groups (broad SMARTS) is 3. The number of nitrogens with zero attached hydrogens (tertiary/aromatic N) is 10. The highest BCUT2D eigenvalue weighted by Crippen LogP contribution is 2.41. The van der Waals surface area contributed by atoms with Gasteiger partial charge in [-0.05, 0) is 65.2 Å². The van der Waals surface area contributed by atoms with Gasteiger partial charge in [0.2, 0.25) is 22.1 Å². The van der Waals surface area contributed by atoms with Crippen LogP contribution in [0.2, 0.25) is 0 Å². The van der Waals surface area contributed by atoms with E-state index in [-0.39, 0.29) is 65.2 Å². The van der Waals surface area contributed by atoms with Crippen LogP contribution in [0.3, 0.4) is 0 Å². The number of benzene rings is 3. The molecule has 38 nitrogen and oxygen atoms in total. The molecule has 14 N–H and O–H groups in total. The van der Waals surface area contributed by atoms with Crippen LogP contribution in [0.25, 0.3) is 0 Å². The minimum absolute atomic E-state index is 0.00123. The van der Waals surface area contributed by atoms with Gasteiger partial charge in [0.15, 0.2) is 44.6 Å². The van der Waals surface area contributed by atoms with Crippen molar-refractivity contribution in [1.29, 1.82) is 0 Å². The third-order valence-electron chi connectivity index (χ3n) is 16.6. The minimum atomic E-state index is -1.83. The lowest BCUT2D eigenvalue weighted by Crippen LogP contribution is -2.46. The van der Waals surface area contributed by atoms with Gasteiger partial charge in [-0.1, -0.05) is 101 Å². The van der Waals surface area contributed by atoms with Crippen molar-refractivity contribution >= 4 is 104 Å². The van der Waals surface area contributed by atoms with Crippen LogP contribution in [0.15, 0.2) is 169 Å². The third-order valence-corrected chi connectivity index (χ3v) is 18.1. The van der Waals surface area contributed by atoms with Gasteiger partial charge in [-0.15, -0.1) is 22.7 Å². The summed E-state index contributed by atoms with van der Waals surface area (Å²) in [5.74, 6) is -12.5. The first-order valence-corrected chi connectivity index (χ1v) is 34.3. The summed E-state index contributed by atoms with van der Waals surface area (Å²) in [5.41, 5.74) is -2.02. The number of hydrogen-bond acceptors (Lipinski definition) is 29. The van der Waals surface area contributed by atoms with Gasteiger partial charge in [-0.25, -0.2) is 49.2 Å². The van der Waals surface area contributed by atoms with Gasteiger partial charge in [0.25, 0.3) is 35.4 Å². The molecule has 2 saturated heterocycles. The number of pyridine rings is 2. The molecule has 11 rings (SSSR count). The molecule has 0 aliphatic carbocycles. The van der Waals surface area contributed by atoms with E-state index < -0.39 is 152 Å². The number of carbonyl (C=O) groups excluding carboxylic acids is 7. The molecule has 8 heterocycles. The molecule has 0 unspecified atom stereocenters. The first kappa shape index (κ1) is 78.3. The number of nitrogen functional groups attached to an aromatic ring is 1. The predicted molar refractivity (Wildman–Crippen MR) is 381 cm³/mol. The second-order valence-electron chi connectivity index (χ2n) is 26.4. The molecule has 109 heavy (non-hydrogen) atoms. The summed E-state index contributed by atoms with van der Waals surface area (Å²) in [6.07, 6.45) is 1.45. The topological polar surface area (TPSA) is 534 Å². The Morgan fingerprint density at radius 2 is 0.972 bits per heavy atom. The fourth-order valence-electron chi connectivity index (χ4n) is 11.2. The van der Waals surface area contributed by atoms with Gasteiger partial charge < -0.3 is 82.7 Å². The average Bonchev–Trinajstić information content (AvgIpc) is 1.73. The number of fused-ring (bicyclic) bond motifs is 2. The summed E-state index contributed by atoms with van der Waals surface area (Å²) in [6, 6.07) is 28.3. The molecular weight excluding hydrogens is 1470 g/mol. The molecule has 0 bridgehead atoms. The minimum Gasteiger partial charge on any atom is -0.503 e. The number of nitrogens with one attached hydrogen (secondary N) is 5. The lowest BCUT2D eigenvalue weighted by atomic mass is 9.77. The van der Waals surface area contributed by atoms with Crippen molar-refractivity contribution in [3.8, 4) is 11.5 Å². The largest absolute Gasteiger partial charge is 0.503 e. The van der Waals surface area contributed by atoms with E-state index in [9.17, 15) is 93.5 Å². The lowest BCUT2D eigenvalue weighted by Gasteiger charge is -2.36. The number of aromatic hydroxyl groups is 2. The van der Waals surface area contributed by atoms with Crippen LogP contribution in [0.4, 0.5) is 10.3 Å². The van der Waals surface area contributed by atoms with Crippen molar-refractivity contribution in [2.24, 2.45) is 10.3 Å². The van der Waals surface area contributed by atoms with Crippen molar-refractivity contribution < 1.29 is 98.3 Å². The number of hydrazine groups is 2. The molecule has 2 fully saturated rings. The molecule has 0 spiro atoms. The maximum absolute atomic E-state index is 14.4. The molecule has 6 amide bonds. The van der Waals surface area contributed by atoms with E-state index >= 15 is 0 Å². The van der Waals surface area contributed by atoms with Crippen LogP contribution in [0.1, 0.15) is 87.9 Å². The normalized spacial score (nSPS) is 16.2. The van der Waals surface area contributed by atoms with E-state index in [1.807, 2.05) is 91.0 Å². The Hall–Kier alpha value is -13.3. The van der Waals surface area contributed by atoms with Crippen LogP contribution < -0.4 is 43.2 Å². The van der Waals surface area contributed by atoms with Crippen LogP contribution in [0.5, 0.6) is 11.5 Å². The zero-order valence-corrected chi connectivity index (χ0v) is 60.3. The highest BCUT2D eigenvalue weighted by molar-refractivity contribution is 7.14. The summed E-state index contributed by atoms with van der Waals surface area (Å²) in [7, 11) is 0. The summed E-state index contributed by atoms with van der Waals surface area (Å²) < 4.78 is 6.36. The van der Waals surface area contributed by atoms with Gasteiger partial charge in [0.05, 0.1) is 61.1 Å². The van der Waals surface area contributed by atoms with Gasteiger partial charge in [-0.2, -0.15) is 9.46 Å². The number of oxime groups is 2. The summed E-state index contributed by atoms with van der Waals surface area (Å²) in [6.45, 7) is 8.10. The number of anilines is 2. The van der Waals surface area contributed by atoms with Gasteiger partial charge in [0.1, 0.15) is 34.6 Å². The van der Waals surface area contributed by atoms with E-state index in [2.05, 4.69) is 41.9 Å². The van der Waals surface area contributed by atoms with Crippen molar-refractivity contribution in [3.05, 3.63) is 209 Å². The Morgan fingerprint density at radius 1 is 0.578 bits per heavy atom. The SMILES string of the molecule is CC(C)(C)OC(=O)C(C)(C)O/N=C(\C(=O)N[C@H]1CN2CC(C(=O)NCc3cc(=O)c(O)cn3O)=C(C(=O)O)N2C1=O)c1csc(NC(c2ccccc2)(c2ccccc2)c2ccccc2)n1.CC(C)(O/N=C(\C(=O)N[C@H]1CN2CC(C(=O)NCc3cc(=O)c(O)cn3O)=C(C(=O)O)N2C1=O)c1csc(N)n1)C(=O)O. The number of carbonyl (C=O) groups is 10. The number of amides is 6. The first-order valence-electron chi connectivity index (χ1n) is 32.6.